The molecule has 0 aromatic heterocycles. The number of ether oxygens (including phenoxy) is 2. The second-order valence-electron chi connectivity index (χ2n) is 4.89. The van der Waals surface area contributed by atoms with Gasteiger partial charge in [-0.05, 0) is 31.1 Å². The van der Waals surface area contributed by atoms with Crippen LogP contribution < -0.4 is 5.32 Å². The smallest absolute Gasteiger partial charge is 0.0587 e. The van der Waals surface area contributed by atoms with Gasteiger partial charge in [-0.1, -0.05) is 13.3 Å². The average Bonchev–Trinajstić information content (AvgIpc) is 2.25. The standard InChI is InChI=1S/C13H27NO2/c1-3-9-16-10-7-13(5-4-6-13)12-14-8-11-15-2/h14H,3-12H2,1-2H3. The zero-order valence-corrected chi connectivity index (χ0v) is 10.9. The lowest BCUT2D eigenvalue weighted by Gasteiger charge is -2.42. The fourth-order valence-electron chi connectivity index (χ4n) is 2.25. The van der Waals surface area contributed by atoms with E-state index >= 15 is 0 Å². The highest BCUT2D eigenvalue weighted by molar-refractivity contribution is 4.89. The Morgan fingerprint density at radius 2 is 2.00 bits per heavy atom. The van der Waals surface area contributed by atoms with Gasteiger partial charge in [-0.3, -0.25) is 0 Å². The van der Waals surface area contributed by atoms with Crippen LogP contribution in [0.5, 0.6) is 0 Å². The Labute approximate surface area is 99.9 Å². The molecule has 0 heterocycles. The molecule has 0 radical (unpaired) electrons. The van der Waals surface area contributed by atoms with E-state index in [-0.39, 0.29) is 0 Å². The van der Waals surface area contributed by atoms with Crippen LogP contribution in [0.3, 0.4) is 0 Å². The minimum absolute atomic E-state index is 0.529. The Bertz CT molecular complexity index is 155. The van der Waals surface area contributed by atoms with Crippen LogP contribution in [0.15, 0.2) is 0 Å². The molecular weight excluding hydrogens is 202 g/mol. The summed E-state index contributed by atoms with van der Waals surface area (Å²) in [5.41, 5.74) is 0.529. The van der Waals surface area contributed by atoms with Gasteiger partial charge in [0, 0.05) is 33.4 Å². The molecule has 1 rings (SSSR count). The Hall–Kier alpha value is -0.120. The van der Waals surface area contributed by atoms with Crippen molar-refractivity contribution in [3.63, 3.8) is 0 Å². The van der Waals surface area contributed by atoms with Crippen LogP contribution in [-0.2, 0) is 9.47 Å². The topological polar surface area (TPSA) is 30.5 Å². The highest BCUT2D eigenvalue weighted by atomic mass is 16.5. The number of hydrogen-bond acceptors (Lipinski definition) is 3. The van der Waals surface area contributed by atoms with Gasteiger partial charge in [0.15, 0.2) is 0 Å². The van der Waals surface area contributed by atoms with Crippen molar-refractivity contribution in [2.45, 2.75) is 39.0 Å². The second-order valence-corrected chi connectivity index (χ2v) is 4.89. The van der Waals surface area contributed by atoms with E-state index in [0.717, 1.165) is 39.3 Å². The van der Waals surface area contributed by atoms with Crippen LogP contribution in [0.1, 0.15) is 39.0 Å². The predicted octanol–water partition coefficient (Wildman–Crippen LogP) is 2.21. The van der Waals surface area contributed by atoms with Crippen molar-refractivity contribution in [2.75, 3.05) is 40.0 Å². The van der Waals surface area contributed by atoms with Gasteiger partial charge in [0.25, 0.3) is 0 Å². The molecule has 0 spiro atoms. The third-order valence-corrected chi connectivity index (χ3v) is 3.52. The fourth-order valence-corrected chi connectivity index (χ4v) is 2.25. The minimum atomic E-state index is 0.529. The van der Waals surface area contributed by atoms with E-state index in [1.165, 1.54) is 25.7 Å². The van der Waals surface area contributed by atoms with Crippen LogP contribution in [0, 0.1) is 5.41 Å². The molecule has 16 heavy (non-hydrogen) atoms. The Balaban J connectivity index is 2.07. The molecule has 0 unspecified atom stereocenters. The first-order chi connectivity index (χ1) is 7.83. The molecular formula is C13H27NO2. The SMILES string of the molecule is CCCOCCC1(CNCCOC)CCC1. The van der Waals surface area contributed by atoms with Gasteiger partial charge in [-0.15, -0.1) is 0 Å². The fraction of sp³-hybridized carbons (Fsp3) is 1.00. The van der Waals surface area contributed by atoms with Crippen molar-refractivity contribution >= 4 is 0 Å². The van der Waals surface area contributed by atoms with E-state index in [1.807, 2.05) is 0 Å². The summed E-state index contributed by atoms with van der Waals surface area (Å²) in [6, 6.07) is 0. The average molecular weight is 229 g/mol. The predicted molar refractivity (Wildman–Crippen MR) is 66.8 cm³/mol. The molecule has 0 saturated heterocycles. The normalized spacial score (nSPS) is 18.4. The van der Waals surface area contributed by atoms with E-state index in [4.69, 9.17) is 9.47 Å². The molecule has 0 bridgehead atoms. The number of rotatable bonds is 10. The molecule has 0 amide bonds. The van der Waals surface area contributed by atoms with E-state index in [9.17, 15) is 0 Å². The highest BCUT2D eigenvalue weighted by Gasteiger charge is 2.35. The largest absolute Gasteiger partial charge is 0.383 e. The molecule has 1 N–H and O–H groups in total. The Morgan fingerprint density at radius 3 is 2.56 bits per heavy atom. The molecule has 3 nitrogen and oxygen atoms in total. The van der Waals surface area contributed by atoms with Gasteiger partial charge < -0.3 is 14.8 Å². The third kappa shape index (κ3) is 4.81. The summed E-state index contributed by atoms with van der Waals surface area (Å²) in [5, 5.41) is 3.49. The molecule has 0 atom stereocenters. The first kappa shape index (κ1) is 13.9. The maximum absolute atomic E-state index is 5.59. The maximum atomic E-state index is 5.59. The summed E-state index contributed by atoms with van der Waals surface area (Å²) in [4.78, 5) is 0. The molecule has 1 saturated carbocycles. The molecule has 0 aromatic carbocycles. The maximum Gasteiger partial charge on any atom is 0.0587 e. The summed E-state index contributed by atoms with van der Waals surface area (Å²) in [6.07, 6.45) is 6.46. The Kier molecular flexibility index (Phi) is 7.01. The van der Waals surface area contributed by atoms with Crippen LogP contribution in [0.2, 0.25) is 0 Å². The molecule has 96 valence electrons. The molecule has 1 aliphatic carbocycles. The number of methoxy groups -OCH3 is 1. The lowest BCUT2D eigenvalue weighted by Crippen LogP contribution is -2.41. The molecule has 3 heteroatoms. The lowest BCUT2D eigenvalue weighted by atomic mass is 9.67. The summed E-state index contributed by atoms with van der Waals surface area (Å²) in [7, 11) is 1.75. The number of hydrogen-bond donors (Lipinski definition) is 1. The van der Waals surface area contributed by atoms with Crippen molar-refractivity contribution in [3.8, 4) is 0 Å². The lowest BCUT2D eigenvalue weighted by molar-refractivity contribution is 0.0485. The Morgan fingerprint density at radius 1 is 1.19 bits per heavy atom. The van der Waals surface area contributed by atoms with E-state index in [2.05, 4.69) is 12.2 Å². The molecule has 0 aliphatic heterocycles. The van der Waals surface area contributed by atoms with Gasteiger partial charge in [0.05, 0.1) is 6.61 Å². The number of nitrogens with one attached hydrogen (secondary N) is 1. The van der Waals surface area contributed by atoms with Crippen LogP contribution in [0.4, 0.5) is 0 Å². The molecule has 1 fully saturated rings. The van der Waals surface area contributed by atoms with Crippen molar-refractivity contribution < 1.29 is 9.47 Å². The van der Waals surface area contributed by atoms with Gasteiger partial charge >= 0.3 is 0 Å². The summed E-state index contributed by atoms with van der Waals surface area (Å²) in [6.45, 7) is 6.90. The van der Waals surface area contributed by atoms with Gasteiger partial charge in [0.2, 0.25) is 0 Å². The molecule has 0 aromatic rings. The van der Waals surface area contributed by atoms with Crippen molar-refractivity contribution in [1.29, 1.82) is 0 Å². The zero-order valence-electron chi connectivity index (χ0n) is 10.9. The van der Waals surface area contributed by atoms with Crippen LogP contribution >= 0.6 is 0 Å². The summed E-state index contributed by atoms with van der Waals surface area (Å²) in [5.74, 6) is 0. The quantitative estimate of drug-likeness (QED) is 0.583. The van der Waals surface area contributed by atoms with Gasteiger partial charge in [-0.2, -0.15) is 0 Å². The van der Waals surface area contributed by atoms with Crippen molar-refractivity contribution in [1.82, 2.24) is 5.32 Å². The van der Waals surface area contributed by atoms with Crippen LogP contribution in [-0.4, -0.2) is 40.0 Å². The third-order valence-electron chi connectivity index (χ3n) is 3.52. The van der Waals surface area contributed by atoms with E-state index < -0.39 is 0 Å². The highest BCUT2D eigenvalue weighted by Crippen LogP contribution is 2.43. The van der Waals surface area contributed by atoms with Crippen molar-refractivity contribution in [3.05, 3.63) is 0 Å². The van der Waals surface area contributed by atoms with E-state index in [1.54, 1.807) is 7.11 Å². The summed E-state index contributed by atoms with van der Waals surface area (Å²) >= 11 is 0. The van der Waals surface area contributed by atoms with Gasteiger partial charge in [-0.25, -0.2) is 0 Å². The second kappa shape index (κ2) is 8.04. The van der Waals surface area contributed by atoms with E-state index in [0.29, 0.717) is 5.41 Å². The van der Waals surface area contributed by atoms with Crippen LogP contribution in [0.25, 0.3) is 0 Å². The summed E-state index contributed by atoms with van der Waals surface area (Å²) < 4.78 is 10.6. The van der Waals surface area contributed by atoms with Crippen molar-refractivity contribution in [2.24, 2.45) is 5.41 Å². The first-order valence-electron chi connectivity index (χ1n) is 6.60. The molecule has 1 aliphatic rings. The minimum Gasteiger partial charge on any atom is -0.383 e. The zero-order chi connectivity index (χ0) is 11.7. The first-order valence-corrected chi connectivity index (χ1v) is 6.60. The monoisotopic (exact) mass is 229 g/mol. The van der Waals surface area contributed by atoms with Gasteiger partial charge in [0.1, 0.15) is 0 Å².